The van der Waals surface area contributed by atoms with Crippen LogP contribution in [0.4, 0.5) is 0 Å². The molecule has 0 amide bonds. The number of hydrogen-bond donors (Lipinski definition) is 0. The van der Waals surface area contributed by atoms with Crippen molar-refractivity contribution in [1.82, 2.24) is 0 Å². The van der Waals surface area contributed by atoms with Crippen molar-refractivity contribution in [2.75, 3.05) is 0 Å². The molecule has 1 fully saturated rings. The molecule has 0 aromatic carbocycles. The quantitative estimate of drug-likeness (QED) is 0.591. The molecule has 0 aliphatic heterocycles. The number of rotatable bonds is 2. The van der Waals surface area contributed by atoms with E-state index in [9.17, 15) is 8.42 Å². The van der Waals surface area contributed by atoms with Gasteiger partial charge in [-0.05, 0) is 12.3 Å². The van der Waals surface area contributed by atoms with Crippen LogP contribution in [0.5, 0.6) is 0 Å². The molecule has 0 bridgehead atoms. The highest BCUT2D eigenvalue weighted by Crippen LogP contribution is 2.41. The summed E-state index contributed by atoms with van der Waals surface area (Å²) >= 11 is 0. The summed E-state index contributed by atoms with van der Waals surface area (Å²) in [6.07, 6.45) is 0.857. The Bertz CT molecular complexity index is 266. The summed E-state index contributed by atoms with van der Waals surface area (Å²) in [5.74, 6) is -0.00694. The van der Waals surface area contributed by atoms with Gasteiger partial charge in [-0.15, -0.1) is 0 Å². The first-order valence-corrected chi connectivity index (χ1v) is 5.23. The molecule has 0 spiro atoms. The van der Waals surface area contributed by atoms with E-state index in [0.29, 0.717) is 12.8 Å². The van der Waals surface area contributed by atoms with Crippen molar-refractivity contribution in [1.29, 1.82) is 5.26 Å². The Labute approximate surface area is 64.0 Å². The summed E-state index contributed by atoms with van der Waals surface area (Å²) in [6, 6.07) is 1.91. The van der Waals surface area contributed by atoms with Crippen LogP contribution < -0.4 is 0 Å². The number of nitrogens with zero attached hydrogens (tertiary/aromatic N) is 1. The van der Waals surface area contributed by atoms with E-state index in [-0.39, 0.29) is 5.92 Å². The largest absolute Gasteiger partial charge is 0.235 e. The summed E-state index contributed by atoms with van der Waals surface area (Å²) in [7, 11) is 1.64. The van der Waals surface area contributed by atoms with Crippen LogP contribution in [0.1, 0.15) is 12.8 Å². The molecule has 0 aromatic rings. The second-order valence-corrected chi connectivity index (χ2v) is 5.22. The minimum Gasteiger partial charge on any atom is -0.212 e. The standard InChI is InChI=1S/C5H6ClNO2S/c6-10(8,9)5-3-4(5)1-2-7/h4-5H,1,3H2/t4-,5+/m1/s1. The van der Waals surface area contributed by atoms with Gasteiger partial charge in [0.2, 0.25) is 9.05 Å². The fourth-order valence-electron chi connectivity index (χ4n) is 0.897. The van der Waals surface area contributed by atoms with Crippen LogP contribution in [0, 0.1) is 17.2 Å². The molecule has 2 atom stereocenters. The second kappa shape index (κ2) is 2.40. The molecule has 3 nitrogen and oxygen atoms in total. The van der Waals surface area contributed by atoms with E-state index in [1.165, 1.54) is 0 Å². The molecule has 1 saturated carbocycles. The summed E-state index contributed by atoms with van der Waals surface area (Å²) in [5, 5.41) is 7.72. The number of nitriles is 1. The maximum absolute atomic E-state index is 10.5. The zero-order chi connectivity index (χ0) is 7.78. The average Bonchev–Trinajstić information content (AvgIpc) is 2.44. The van der Waals surface area contributed by atoms with Gasteiger partial charge in [-0.1, -0.05) is 0 Å². The first-order valence-electron chi connectivity index (χ1n) is 2.86. The zero-order valence-corrected chi connectivity index (χ0v) is 6.69. The van der Waals surface area contributed by atoms with Gasteiger partial charge in [-0.2, -0.15) is 5.26 Å². The van der Waals surface area contributed by atoms with Gasteiger partial charge in [-0.25, -0.2) is 8.42 Å². The van der Waals surface area contributed by atoms with Crippen LogP contribution in [0.15, 0.2) is 0 Å². The molecule has 5 heteroatoms. The summed E-state index contributed by atoms with van der Waals surface area (Å²) in [6.45, 7) is 0. The van der Waals surface area contributed by atoms with Crippen molar-refractivity contribution >= 4 is 19.7 Å². The predicted octanol–water partition coefficient (Wildman–Crippen LogP) is 0.857. The fourth-order valence-corrected chi connectivity index (χ4v) is 2.58. The van der Waals surface area contributed by atoms with Gasteiger partial charge in [0.15, 0.2) is 0 Å². The first kappa shape index (κ1) is 7.83. The van der Waals surface area contributed by atoms with Gasteiger partial charge in [0, 0.05) is 17.1 Å². The van der Waals surface area contributed by atoms with Gasteiger partial charge in [0.05, 0.1) is 11.3 Å². The average molecular weight is 180 g/mol. The Morgan fingerprint density at radius 3 is 2.60 bits per heavy atom. The van der Waals surface area contributed by atoms with Crippen molar-refractivity contribution in [2.45, 2.75) is 18.1 Å². The second-order valence-electron chi connectivity index (χ2n) is 2.37. The SMILES string of the molecule is N#CC[C@@H]1C[C@@H]1S(=O)(=O)Cl. The van der Waals surface area contributed by atoms with Crippen molar-refractivity contribution in [3.8, 4) is 6.07 Å². The molecule has 0 saturated heterocycles. The molecule has 0 radical (unpaired) electrons. The number of hydrogen-bond acceptors (Lipinski definition) is 3. The Kier molecular flexibility index (Phi) is 1.88. The predicted molar refractivity (Wildman–Crippen MR) is 36.9 cm³/mol. The highest BCUT2D eigenvalue weighted by atomic mass is 35.7. The Morgan fingerprint density at radius 1 is 1.70 bits per heavy atom. The summed E-state index contributed by atoms with van der Waals surface area (Å²) in [5.41, 5.74) is 0. The molecule has 56 valence electrons. The van der Waals surface area contributed by atoms with Crippen molar-refractivity contribution in [3.05, 3.63) is 0 Å². The lowest BCUT2D eigenvalue weighted by Gasteiger charge is -1.87. The normalized spacial score (nSPS) is 31.2. The molecule has 1 aliphatic carbocycles. The smallest absolute Gasteiger partial charge is 0.212 e. The Morgan fingerprint density at radius 2 is 2.30 bits per heavy atom. The van der Waals surface area contributed by atoms with E-state index >= 15 is 0 Å². The molecule has 0 N–H and O–H groups in total. The third kappa shape index (κ3) is 1.61. The lowest BCUT2D eigenvalue weighted by Crippen LogP contribution is -1.99. The van der Waals surface area contributed by atoms with Crippen LogP contribution in [0.2, 0.25) is 0 Å². The topological polar surface area (TPSA) is 57.9 Å². The summed E-state index contributed by atoms with van der Waals surface area (Å²) in [4.78, 5) is 0. The summed E-state index contributed by atoms with van der Waals surface area (Å²) < 4.78 is 21.1. The lowest BCUT2D eigenvalue weighted by molar-refractivity contribution is 0.606. The van der Waals surface area contributed by atoms with Crippen LogP contribution in [-0.4, -0.2) is 13.7 Å². The molecule has 0 heterocycles. The molecule has 10 heavy (non-hydrogen) atoms. The third-order valence-electron chi connectivity index (χ3n) is 1.57. The van der Waals surface area contributed by atoms with Crippen LogP contribution in [0.25, 0.3) is 0 Å². The molecular weight excluding hydrogens is 174 g/mol. The maximum atomic E-state index is 10.5. The van der Waals surface area contributed by atoms with Gasteiger partial charge < -0.3 is 0 Å². The zero-order valence-electron chi connectivity index (χ0n) is 5.12. The minimum atomic E-state index is -3.38. The van der Waals surface area contributed by atoms with E-state index in [1.54, 1.807) is 0 Å². The molecule has 1 rings (SSSR count). The van der Waals surface area contributed by atoms with Crippen LogP contribution in [-0.2, 0) is 9.05 Å². The van der Waals surface area contributed by atoms with Gasteiger partial charge in [0.25, 0.3) is 0 Å². The van der Waals surface area contributed by atoms with Gasteiger partial charge in [-0.3, -0.25) is 0 Å². The fraction of sp³-hybridized carbons (Fsp3) is 0.800. The first-order chi connectivity index (χ1) is 4.55. The molecule has 1 aliphatic rings. The van der Waals surface area contributed by atoms with Crippen LogP contribution >= 0.6 is 10.7 Å². The van der Waals surface area contributed by atoms with Crippen molar-refractivity contribution < 1.29 is 8.42 Å². The lowest BCUT2D eigenvalue weighted by atomic mass is 10.3. The van der Waals surface area contributed by atoms with Crippen LogP contribution in [0.3, 0.4) is 0 Å². The molecular formula is C5H6ClNO2S. The highest BCUT2D eigenvalue weighted by Gasteiger charge is 2.46. The highest BCUT2D eigenvalue weighted by molar-refractivity contribution is 8.14. The van der Waals surface area contributed by atoms with Gasteiger partial charge in [0.1, 0.15) is 0 Å². The van der Waals surface area contributed by atoms with Gasteiger partial charge >= 0.3 is 0 Å². The van der Waals surface area contributed by atoms with Crippen molar-refractivity contribution in [3.63, 3.8) is 0 Å². The van der Waals surface area contributed by atoms with E-state index in [4.69, 9.17) is 15.9 Å². The number of halogens is 1. The van der Waals surface area contributed by atoms with E-state index in [0.717, 1.165) is 0 Å². The van der Waals surface area contributed by atoms with E-state index in [1.807, 2.05) is 6.07 Å². The monoisotopic (exact) mass is 179 g/mol. The molecule has 0 aromatic heterocycles. The van der Waals surface area contributed by atoms with E-state index < -0.39 is 14.3 Å². The Hall–Kier alpha value is -0.270. The maximum Gasteiger partial charge on any atom is 0.235 e. The van der Waals surface area contributed by atoms with Crippen molar-refractivity contribution in [2.24, 2.45) is 5.92 Å². The Balaban J connectivity index is 2.49. The van der Waals surface area contributed by atoms with E-state index in [2.05, 4.69) is 0 Å². The molecule has 0 unspecified atom stereocenters. The minimum absolute atomic E-state index is 0.00694. The third-order valence-corrected chi connectivity index (χ3v) is 3.56.